The van der Waals surface area contributed by atoms with Gasteiger partial charge in [0.25, 0.3) is 5.91 Å². The van der Waals surface area contributed by atoms with E-state index in [4.69, 9.17) is 11.6 Å². The lowest BCUT2D eigenvalue weighted by Crippen LogP contribution is -2.51. The molecule has 0 bridgehead atoms. The molecule has 1 aromatic rings. The molecule has 2 unspecified atom stereocenters. The Morgan fingerprint density at radius 2 is 1.78 bits per heavy atom. The zero-order valence-corrected chi connectivity index (χ0v) is 15.4. The summed E-state index contributed by atoms with van der Waals surface area (Å²) in [6.45, 7) is 6.24. The number of nitrogens with one attached hydrogen (secondary N) is 3. The molecule has 0 heterocycles. The van der Waals surface area contributed by atoms with E-state index in [1.54, 1.807) is 24.3 Å². The highest BCUT2D eigenvalue weighted by molar-refractivity contribution is 6.33. The third kappa shape index (κ3) is 6.77. The molecule has 7 heteroatoms. The van der Waals surface area contributed by atoms with Crippen molar-refractivity contribution in [3.05, 3.63) is 34.9 Å². The zero-order valence-electron chi connectivity index (χ0n) is 13.9. The predicted molar refractivity (Wildman–Crippen MR) is 96.3 cm³/mol. The Morgan fingerprint density at radius 1 is 1.17 bits per heavy atom. The lowest BCUT2D eigenvalue weighted by molar-refractivity contribution is -0.124. The van der Waals surface area contributed by atoms with Crippen LogP contribution in [0.1, 0.15) is 31.1 Å². The minimum atomic E-state index is -0.604. The topological polar surface area (TPSA) is 70.2 Å². The number of likely N-dealkylation sites (N-methyl/N-ethyl adjacent to an activating group) is 1. The van der Waals surface area contributed by atoms with Gasteiger partial charge in [0.1, 0.15) is 6.04 Å². The molecule has 0 aliphatic heterocycles. The van der Waals surface area contributed by atoms with Crippen LogP contribution in [0.4, 0.5) is 0 Å². The Balaban J connectivity index is 0.00000484. The van der Waals surface area contributed by atoms with Crippen molar-refractivity contribution in [2.45, 2.75) is 32.9 Å². The van der Waals surface area contributed by atoms with E-state index in [-0.39, 0.29) is 36.2 Å². The van der Waals surface area contributed by atoms with Crippen molar-refractivity contribution in [2.75, 3.05) is 13.6 Å². The van der Waals surface area contributed by atoms with Crippen LogP contribution in [0.25, 0.3) is 0 Å². The second-order valence-corrected chi connectivity index (χ2v) is 6.02. The van der Waals surface area contributed by atoms with Gasteiger partial charge in [-0.15, -0.1) is 12.4 Å². The molecule has 0 fully saturated rings. The number of hydrogen-bond acceptors (Lipinski definition) is 3. The normalized spacial score (nSPS) is 13.0. The van der Waals surface area contributed by atoms with Crippen molar-refractivity contribution in [2.24, 2.45) is 5.92 Å². The van der Waals surface area contributed by atoms with Crippen LogP contribution < -0.4 is 16.0 Å². The van der Waals surface area contributed by atoms with E-state index in [2.05, 4.69) is 16.0 Å². The maximum absolute atomic E-state index is 12.3. The van der Waals surface area contributed by atoms with Gasteiger partial charge in [0.15, 0.2) is 0 Å². The van der Waals surface area contributed by atoms with Crippen molar-refractivity contribution in [3.8, 4) is 0 Å². The molecule has 1 rings (SSSR count). The molecule has 0 radical (unpaired) electrons. The van der Waals surface area contributed by atoms with Gasteiger partial charge in [-0.3, -0.25) is 9.59 Å². The molecule has 2 atom stereocenters. The molecule has 0 aliphatic carbocycles. The Labute approximate surface area is 149 Å². The van der Waals surface area contributed by atoms with Crippen LogP contribution in [0.15, 0.2) is 24.3 Å². The Bertz CT molecular complexity index is 524. The standard InChI is InChI=1S/C16H24ClN3O2.ClH/c1-10(2)14(16(22)19-9-11(3)18-4)20-15(21)12-7-5-6-8-13(12)17;/h5-8,10-11,14,18H,9H2,1-4H3,(H,19,22)(H,20,21);1H. The van der Waals surface area contributed by atoms with Crippen molar-refractivity contribution in [1.29, 1.82) is 0 Å². The van der Waals surface area contributed by atoms with E-state index in [9.17, 15) is 9.59 Å². The van der Waals surface area contributed by atoms with Crippen LogP contribution in [0, 0.1) is 5.92 Å². The molecular formula is C16H25Cl2N3O2. The van der Waals surface area contributed by atoms with Gasteiger partial charge in [-0.2, -0.15) is 0 Å². The van der Waals surface area contributed by atoms with Gasteiger partial charge in [0.05, 0.1) is 10.6 Å². The first kappa shape index (κ1) is 21.7. The van der Waals surface area contributed by atoms with Gasteiger partial charge in [-0.25, -0.2) is 0 Å². The van der Waals surface area contributed by atoms with Crippen molar-refractivity contribution < 1.29 is 9.59 Å². The molecule has 130 valence electrons. The highest BCUT2D eigenvalue weighted by atomic mass is 35.5. The molecule has 3 N–H and O–H groups in total. The van der Waals surface area contributed by atoms with Gasteiger partial charge < -0.3 is 16.0 Å². The summed E-state index contributed by atoms with van der Waals surface area (Å²) in [4.78, 5) is 24.6. The third-order valence-corrected chi connectivity index (χ3v) is 3.76. The van der Waals surface area contributed by atoms with Crippen molar-refractivity contribution >= 4 is 35.8 Å². The number of hydrogen-bond donors (Lipinski definition) is 3. The van der Waals surface area contributed by atoms with Gasteiger partial charge in [-0.05, 0) is 32.0 Å². The lowest BCUT2D eigenvalue weighted by atomic mass is 10.0. The van der Waals surface area contributed by atoms with E-state index in [0.717, 1.165) is 0 Å². The second kappa shape index (κ2) is 10.5. The Kier molecular flexibility index (Phi) is 9.88. The van der Waals surface area contributed by atoms with Gasteiger partial charge in [-0.1, -0.05) is 37.6 Å². The summed E-state index contributed by atoms with van der Waals surface area (Å²) in [6.07, 6.45) is 0. The van der Waals surface area contributed by atoms with Gasteiger partial charge in [0, 0.05) is 12.6 Å². The van der Waals surface area contributed by atoms with Crippen LogP contribution in [-0.2, 0) is 4.79 Å². The van der Waals surface area contributed by atoms with E-state index in [1.165, 1.54) is 0 Å². The number of halogens is 2. The van der Waals surface area contributed by atoms with Crippen LogP contribution in [0.3, 0.4) is 0 Å². The van der Waals surface area contributed by atoms with Crippen molar-refractivity contribution in [3.63, 3.8) is 0 Å². The Hall–Kier alpha value is -1.30. The summed E-state index contributed by atoms with van der Waals surface area (Å²) in [5.74, 6) is -0.574. The maximum Gasteiger partial charge on any atom is 0.253 e. The monoisotopic (exact) mass is 361 g/mol. The van der Waals surface area contributed by atoms with E-state index < -0.39 is 6.04 Å². The highest BCUT2D eigenvalue weighted by Gasteiger charge is 2.25. The number of rotatable bonds is 7. The first-order valence-corrected chi connectivity index (χ1v) is 7.75. The first-order valence-electron chi connectivity index (χ1n) is 7.37. The molecule has 5 nitrogen and oxygen atoms in total. The first-order chi connectivity index (χ1) is 10.4. The SMILES string of the molecule is CNC(C)CNC(=O)C(NC(=O)c1ccccc1Cl)C(C)C.Cl. The van der Waals surface area contributed by atoms with Gasteiger partial charge in [0.2, 0.25) is 5.91 Å². The molecule has 0 aliphatic rings. The minimum Gasteiger partial charge on any atom is -0.353 e. The molecule has 0 saturated heterocycles. The minimum absolute atomic E-state index is 0. The Morgan fingerprint density at radius 3 is 2.30 bits per heavy atom. The number of benzene rings is 1. The van der Waals surface area contributed by atoms with Crippen molar-refractivity contribution in [1.82, 2.24) is 16.0 Å². The fourth-order valence-electron chi connectivity index (χ4n) is 1.87. The summed E-state index contributed by atoms with van der Waals surface area (Å²) in [6, 6.07) is 6.33. The summed E-state index contributed by atoms with van der Waals surface area (Å²) >= 11 is 6.01. The number of carbonyl (C=O) groups excluding carboxylic acids is 2. The molecule has 0 saturated carbocycles. The summed E-state index contributed by atoms with van der Waals surface area (Å²) < 4.78 is 0. The number of amides is 2. The van der Waals surface area contributed by atoms with E-state index in [1.807, 2.05) is 27.8 Å². The molecule has 0 spiro atoms. The zero-order chi connectivity index (χ0) is 16.7. The fraction of sp³-hybridized carbons (Fsp3) is 0.500. The molecule has 2 amide bonds. The van der Waals surface area contributed by atoms with Crippen LogP contribution >= 0.6 is 24.0 Å². The smallest absolute Gasteiger partial charge is 0.253 e. The largest absolute Gasteiger partial charge is 0.353 e. The predicted octanol–water partition coefficient (Wildman–Crippen LogP) is 2.24. The summed E-state index contributed by atoms with van der Waals surface area (Å²) in [5, 5.41) is 9.01. The average Bonchev–Trinajstić information content (AvgIpc) is 2.49. The highest BCUT2D eigenvalue weighted by Crippen LogP contribution is 2.15. The maximum atomic E-state index is 12.3. The number of carbonyl (C=O) groups is 2. The van der Waals surface area contributed by atoms with Crippen LogP contribution in [0.2, 0.25) is 5.02 Å². The van der Waals surface area contributed by atoms with Gasteiger partial charge >= 0.3 is 0 Å². The fourth-order valence-corrected chi connectivity index (χ4v) is 2.09. The molecule has 1 aromatic carbocycles. The van der Waals surface area contributed by atoms with Crippen LogP contribution in [-0.4, -0.2) is 37.5 Å². The van der Waals surface area contributed by atoms with E-state index >= 15 is 0 Å². The lowest BCUT2D eigenvalue weighted by Gasteiger charge is -2.23. The molecule has 23 heavy (non-hydrogen) atoms. The molecular weight excluding hydrogens is 337 g/mol. The second-order valence-electron chi connectivity index (χ2n) is 5.61. The molecule has 0 aromatic heterocycles. The summed E-state index contributed by atoms with van der Waals surface area (Å²) in [5.41, 5.74) is 0.367. The summed E-state index contributed by atoms with van der Waals surface area (Å²) in [7, 11) is 1.83. The third-order valence-electron chi connectivity index (χ3n) is 3.43. The quantitative estimate of drug-likeness (QED) is 0.697. The van der Waals surface area contributed by atoms with E-state index in [0.29, 0.717) is 17.1 Å². The van der Waals surface area contributed by atoms with Crippen LogP contribution in [0.5, 0.6) is 0 Å². The average molecular weight is 362 g/mol.